The van der Waals surface area contributed by atoms with Crippen molar-refractivity contribution in [3.63, 3.8) is 0 Å². The highest BCUT2D eigenvalue weighted by atomic mass is 32.2. The number of nitrogens with two attached hydrogens (primary N) is 2. The third kappa shape index (κ3) is 12.7. The molecule has 0 spiro atoms. The highest BCUT2D eigenvalue weighted by Crippen LogP contribution is 2.14. The Bertz CT molecular complexity index is 1520. The molecule has 16 nitrogen and oxygen atoms in total. The quantitative estimate of drug-likeness (QED) is 0.105. The second-order valence-corrected chi connectivity index (χ2v) is 10.3. The summed E-state index contributed by atoms with van der Waals surface area (Å²) in [5.41, 5.74) is 14.9. The third-order valence-electron chi connectivity index (χ3n) is 4.70. The van der Waals surface area contributed by atoms with Crippen molar-refractivity contribution >= 4 is 54.4 Å². The van der Waals surface area contributed by atoms with E-state index in [9.17, 15) is 25.9 Å². The lowest BCUT2D eigenvalue weighted by molar-refractivity contribution is -0.433. The van der Waals surface area contributed by atoms with Gasteiger partial charge < -0.3 is 42.5 Å². The smallest absolute Gasteiger partial charge is 0.229 e. The molecule has 0 bridgehead atoms. The Morgan fingerprint density at radius 1 is 0.476 bits per heavy atom. The molecule has 0 aliphatic rings. The van der Waals surface area contributed by atoms with Crippen LogP contribution in [0, 0.1) is 0 Å². The standard InChI is InChI=1S/2C12H11N3O3S.4H2O/c2*13-9-1-3-10(4-2-9)14-15-11-5-7-12(8-6-11)19(16,17)18;;;;/h2*1-8H,13H2,(H,16,17,18);4*1H2. The third-order valence-corrected chi connectivity index (χ3v) is 6.40. The topological polar surface area (TPSA) is 345 Å². The minimum Gasteiger partial charge on any atom is -0.744 e. The maximum absolute atomic E-state index is 10.7. The first kappa shape index (κ1) is 39.5. The lowest BCUT2D eigenvalue weighted by atomic mass is 10.3. The van der Waals surface area contributed by atoms with Crippen molar-refractivity contribution in [2.24, 2.45) is 10.2 Å². The van der Waals surface area contributed by atoms with Crippen LogP contribution in [-0.4, -0.2) is 47.8 Å². The van der Waals surface area contributed by atoms with Crippen LogP contribution in [0.2, 0.25) is 0 Å². The van der Waals surface area contributed by atoms with Crippen LogP contribution in [-0.2, 0) is 20.2 Å². The number of hydrogen-bond acceptors (Lipinski definition) is 10. The Labute approximate surface area is 240 Å². The molecular formula is C24H30N6O10S2. The zero-order valence-corrected chi connectivity index (χ0v) is 23.2. The van der Waals surface area contributed by atoms with Gasteiger partial charge in [-0.2, -0.15) is 0 Å². The summed E-state index contributed by atoms with van der Waals surface area (Å²) in [6.45, 7) is 0. The van der Waals surface area contributed by atoms with E-state index < -0.39 is 20.2 Å². The average Bonchev–Trinajstić information content (AvgIpc) is 2.88. The molecule has 14 N–H and O–H groups in total. The fourth-order valence-electron chi connectivity index (χ4n) is 2.75. The van der Waals surface area contributed by atoms with E-state index in [1.54, 1.807) is 48.5 Å². The number of nitrogen functional groups attached to an aromatic ring is 2. The molecule has 4 aromatic carbocycles. The molecule has 4 aromatic rings. The zero-order valence-electron chi connectivity index (χ0n) is 21.6. The lowest BCUT2D eigenvalue weighted by Crippen LogP contribution is -2.57. The molecule has 228 valence electrons. The molecule has 18 heteroatoms. The van der Waals surface area contributed by atoms with Gasteiger partial charge in [-0.25, -0.2) is 16.8 Å². The SMILES string of the molecule is Nc1ccc(N=[NH+]c2ccc(S(=O)(=O)[O-])cc2)cc1.Nc1ccc(N=[NH+]c2ccc(S(=O)(=O)[O-])cc2)cc1.O.O.O.O. The molecule has 0 saturated heterocycles. The summed E-state index contributed by atoms with van der Waals surface area (Å²) in [7, 11) is -8.83. The highest BCUT2D eigenvalue weighted by Gasteiger charge is 2.04. The predicted molar refractivity (Wildman–Crippen MR) is 150 cm³/mol. The predicted octanol–water partition coefficient (Wildman–Crippen LogP) is -1.96. The summed E-state index contributed by atoms with van der Waals surface area (Å²) >= 11 is 0. The monoisotopic (exact) mass is 626 g/mol. The van der Waals surface area contributed by atoms with E-state index in [-0.39, 0.29) is 31.7 Å². The summed E-state index contributed by atoms with van der Waals surface area (Å²) in [4.78, 5) is -0.545. The summed E-state index contributed by atoms with van der Waals surface area (Å²) < 4.78 is 64.5. The molecule has 0 heterocycles. The van der Waals surface area contributed by atoms with Gasteiger partial charge in [-0.05, 0) is 83.0 Å². The van der Waals surface area contributed by atoms with Crippen LogP contribution in [0.5, 0.6) is 0 Å². The van der Waals surface area contributed by atoms with Crippen molar-refractivity contribution in [2.45, 2.75) is 9.79 Å². The number of nitrogens with zero attached hydrogens (tertiary/aromatic N) is 2. The van der Waals surface area contributed by atoms with Gasteiger partial charge in [0.2, 0.25) is 11.4 Å². The first-order chi connectivity index (χ1) is 17.9. The molecule has 0 radical (unpaired) electrons. The first-order valence-corrected chi connectivity index (χ1v) is 13.5. The van der Waals surface area contributed by atoms with Gasteiger partial charge in [0.1, 0.15) is 31.6 Å². The van der Waals surface area contributed by atoms with Gasteiger partial charge in [0.25, 0.3) is 0 Å². The molecule has 0 aliphatic carbocycles. The van der Waals surface area contributed by atoms with Crippen LogP contribution in [0.1, 0.15) is 0 Å². The van der Waals surface area contributed by atoms with Gasteiger partial charge in [0.15, 0.2) is 0 Å². The highest BCUT2D eigenvalue weighted by molar-refractivity contribution is 7.86. The molecule has 0 aromatic heterocycles. The number of anilines is 2. The minimum atomic E-state index is -4.41. The summed E-state index contributed by atoms with van der Waals surface area (Å²) in [6.07, 6.45) is 0. The largest absolute Gasteiger partial charge is 0.744 e. The molecule has 0 atom stereocenters. The Morgan fingerprint density at radius 2 is 0.738 bits per heavy atom. The summed E-state index contributed by atoms with van der Waals surface area (Å²) in [5, 5.41) is 13.6. The van der Waals surface area contributed by atoms with E-state index in [2.05, 4.69) is 20.5 Å². The molecule has 4 rings (SSSR count). The van der Waals surface area contributed by atoms with Gasteiger partial charge in [-0.3, -0.25) is 0 Å². The van der Waals surface area contributed by atoms with Crippen LogP contribution in [0.4, 0.5) is 34.1 Å². The van der Waals surface area contributed by atoms with Crippen molar-refractivity contribution in [1.82, 2.24) is 0 Å². The van der Waals surface area contributed by atoms with Gasteiger partial charge >= 0.3 is 0 Å². The van der Waals surface area contributed by atoms with E-state index >= 15 is 0 Å². The maximum Gasteiger partial charge on any atom is 0.229 e. The van der Waals surface area contributed by atoms with Crippen LogP contribution < -0.4 is 21.7 Å². The first-order valence-electron chi connectivity index (χ1n) is 10.7. The maximum atomic E-state index is 10.7. The molecule has 0 amide bonds. The van der Waals surface area contributed by atoms with Gasteiger partial charge in [0, 0.05) is 35.6 Å². The summed E-state index contributed by atoms with van der Waals surface area (Å²) in [5.74, 6) is 0. The van der Waals surface area contributed by atoms with Gasteiger partial charge in [-0.1, -0.05) is 10.2 Å². The molecule has 42 heavy (non-hydrogen) atoms. The molecular weight excluding hydrogens is 596 g/mol. The van der Waals surface area contributed by atoms with Crippen molar-refractivity contribution < 1.29 is 58.1 Å². The van der Waals surface area contributed by atoms with Crippen LogP contribution in [0.15, 0.2) is 117 Å². The molecule has 0 fully saturated rings. The van der Waals surface area contributed by atoms with E-state index in [0.717, 1.165) is 0 Å². The van der Waals surface area contributed by atoms with E-state index in [1.165, 1.54) is 48.5 Å². The van der Waals surface area contributed by atoms with Crippen LogP contribution in [0.25, 0.3) is 0 Å². The Morgan fingerprint density at radius 3 is 0.976 bits per heavy atom. The average molecular weight is 627 g/mol. The lowest BCUT2D eigenvalue weighted by Gasteiger charge is -2.04. The Hall–Kier alpha value is -4.66. The van der Waals surface area contributed by atoms with E-state index in [0.29, 0.717) is 34.1 Å². The summed E-state index contributed by atoms with van der Waals surface area (Å²) in [6, 6.07) is 24.6. The van der Waals surface area contributed by atoms with Gasteiger partial charge in [-0.15, -0.1) is 0 Å². The van der Waals surface area contributed by atoms with Crippen molar-refractivity contribution in [3.05, 3.63) is 97.1 Å². The van der Waals surface area contributed by atoms with Crippen molar-refractivity contribution in [1.29, 1.82) is 0 Å². The normalized spacial score (nSPS) is 10.7. The number of rotatable bonds is 6. The fourth-order valence-corrected chi connectivity index (χ4v) is 3.69. The zero-order chi connectivity index (χ0) is 27.8. The van der Waals surface area contributed by atoms with Crippen LogP contribution in [0.3, 0.4) is 0 Å². The minimum absolute atomic E-state index is 0. The fraction of sp³-hybridized carbons (Fsp3) is 0. The van der Waals surface area contributed by atoms with E-state index in [1.807, 2.05) is 0 Å². The number of nitrogens with one attached hydrogen (secondary N) is 2. The molecule has 0 unspecified atom stereocenters. The number of benzene rings is 4. The van der Waals surface area contributed by atoms with Gasteiger partial charge in [0.05, 0.1) is 9.79 Å². The Balaban J connectivity index is 0. The van der Waals surface area contributed by atoms with Crippen LogP contribution >= 0.6 is 0 Å². The molecule has 0 saturated carbocycles. The van der Waals surface area contributed by atoms with E-state index in [4.69, 9.17) is 11.5 Å². The number of hydrogen-bond donors (Lipinski definition) is 4. The molecule has 0 aliphatic heterocycles. The second-order valence-electron chi connectivity index (χ2n) is 7.59. The Kier molecular flexibility index (Phi) is 16.2. The number of azo groups is 2. The second kappa shape index (κ2) is 17.2. The van der Waals surface area contributed by atoms with Crippen molar-refractivity contribution in [2.75, 3.05) is 11.5 Å². The van der Waals surface area contributed by atoms with Crippen molar-refractivity contribution in [3.8, 4) is 0 Å².